The van der Waals surface area contributed by atoms with Crippen molar-refractivity contribution in [2.45, 2.75) is 25.7 Å². The minimum atomic E-state index is -0.208. The number of pyridine rings is 1. The van der Waals surface area contributed by atoms with E-state index in [9.17, 15) is 9.18 Å². The van der Waals surface area contributed by atoms with Crippen LogP contribution in [0.2, 0.25) is 0 Å². The standard InChI is InChI=1S/C23H23FN4O/c24-21-7-5-17(6-8-21)3-4-18-2-1-13-28(16-18)23(29)20-14-26-22(27-15-20)19-9-11-25-12-10-19/h5-12,14-15,18H,1-4,13,16H2/t18-/m1/s1. The van der Waals surface area contributed by atoms with Crippen molar-refractivity contribution < 1.29 is 9.18 Å². The zero-order chi connectivity index (χ0) is 20.1. The smallest absolute Gasteiger partial charge is 0.256 e. The third kappa shape index (κ3) is 4.83. The van der Waals surface area contributed by atoms with Gasteiger partial charge < -0.3 is 4.90 Å². The summed E-state index contributed by atoms with van der Waals surface area (Å²) in [6.07, 6.45) is 10.6. The molecule has 1 aliphatic rings. The predicted octanol–water partition coefficient (Wildman–Crippen LogP) is 4.16. The van der Waals surface area contributed by atoms with E-state index in [0.717, 1.165) is 49.9 Å². The van der Waals surface area contributed by atoms with Crippen molar-refractivity contribution in [2.24, 2.45) is 5.92 Å². The molecule has 0 spiro atoms. The van der Waals surface area contributed by atoms with E-state index in [1.807, 2.05) is 29.2 Å². The van der Waals surface area contributed by atoms with Crippen LogP contribution in [0.15, 0.2) is 61.2 Å². The number of likely N-dealkylation sites (tertiary alicyclic amines) is 1. The van der Waals surface area contributed by atoms with Gasteiger partial charge >= 0.3 is 0 Å². The number of aromatic nitrogens is 3. The van der Waals surface area contributed by atoms with E-state index in [2.05, 4.69) is 15.0 Å². The topological polar surface area (TPSA) is 59.0 Å². The van der Waals surface area contributed by atoms with Gasteiger partial charge in [0.2, 0.25) is 0 Å². The van der Waals surface area contributed by atoms with Crippen LogP contribution in [0.5, 0.6) is 0 Å². The average molecular weight is 390 g/mol. The summed E-state index contributed by atoms with van der Waals surface area (Å²) in [5, 5.41) is 0. The molecule has 2 aromatic heterocycles. The van der Waals surface area contributed by atoms with Gasteiger partial charge in [-0.15, -0.1) is 0 Å². The van der Waals surface area contributed by atoms with E-state index in [1.165, 1.54) is 12.1 Å². The number of aryl methyl sites for hydroxylation is 1. The summed E-state index contributed by atoms with van der Waals surface area (Å²) in [7, 11) is 0. The van der Waals surface area contributed by atoms with Crippen LogP contribution >= 0.6 is 0 Å². The maximum atomic E-state index is 13.0. The van der Waals surface area contributed by atoms with Crippen molar-refractivity contribution in [1.29, 1.82) is 0 Å². The Morgan fingerprint density at radius 1 is 1.07 bits per heavy atom. The third-order valence-electron chi connectivity index (χ3n) is 5.40. The van der Waals surface area contributed by atoms with Gasteiger partial charge in [0, 0.05) is 43.4 Å². The van der Waals surface area contributed by atoms with E-state index < -0.39 is 0 Å². The fourth-order valence-corrected chi connectivity index (χ4v) is 3.78. The van der Waals surface area contributed by atoms with E-state index in [1.54, 1.807) is 24.8 Å². The molecule has 1 saturated heterocycles. The lowest BCUT2D eigenvalue weighted by Gasteiger charge is -2.32. The van der Waals surface area contributed by atoms with Crippen LogP contribution in [0.4, 0.5) is 4.39 Å². The maximum absolute atomic E-state index is 13.0. The Morgan fingerprint density at radius 3 is 2.52 bits per heavy atom. The van der Waals surface area contributed by atoms with Crippen LogP contribution in [-0.4, -0.2) is 38.8 Å². The molecule has 4 rings (SSSR count). The summed E-state index contributed by atoms with van der Waals surface area (Å²) in [6.45, 7) is 1.50. The van der Waals surface area contributed by atoms with Crippen LogP contribution in [0.25, 0.3) is 11.4 Å². The molecule has 148 valence electrons. The number of amides is 1. The molecular weight excluding hydrogens is 367 g/mol. The maximum Gasteiger partial charge on any atom is 0.256 e. The van der Waals surface area contributed by atoms with E-state index in [0.29, 0.717) is 17.3 Å². The van der Waals surface area contributed by atoms with Gasteiger partial charge in [-0.25, -0.2) is 14.4 Å². The Balaban J connectivity index is 1.36. The molecule has 3 heterocycles. The molecule has 1 amide bonds. The Morgan fingerprint density at radius 2 is 1.79 bits per heavy atom. The van der Waals surface area contributed by atoms with Gasteiger partial charge in [0.1, 0.15) is 5.82 Å². The second kappa shape index (κ2) is 8.90. The molecule has 1 fully saturated rings. The van der Waals surface area contributed by atoms with Crippen LogP contribution in [0.1, 0.15) is 35.2 Å². The van der Waals surface area contributed by atoms with Gasteiger partial charge in [0.15, 0.2) is 5.82 Å². The number of rotatable bonds is 5. The monoisotopic (exact) mass is 390 g/mol. The van der Waals surface area contributed by atoms with E-state index in [4.69, 9.17) is 0 Å². The van der Waals surface area contributed by atoms with Crippen molar-refractivity contribution >= 4 is 5.91 Å². The molecular formula is C23H23FN4O. The van der Waals surface area contributed by atoms with Crippen molar-refractivity contribution in [3.63, 3.8) is 0 Å². The summed E-state index contributed by atoms with van der Waals surface area (Å²) in [6, 6.07) is 10.4. The number of carbonyl (C=O) groups is 1. The Bertz CT molecular complexity index is 945. The molecule has 1 atom stereocenters. The molecule has 6 heteroatoms. The van der Waals surface area contributed by atoms with Gasteiger partial charge in [-0.1, -0.05) is 12.1 Å². The molecule has 1 aliphatic heterocycles. The summed E-state index contributed by atoms with van der Waals surface area (Å²) in [5.41, 5.74) is 2.52. The van der Waals surface area contributed by atoms with Crippen LogP contribution < -0.4 is 0 Å². The second-order valence-electron chi connectivity index (χ2n) is 7.46. The number of hydrogen-bond acceptors (Lipinski definition) is 4. The summed E-state index contributed by atoms with van der Waals surface area (Å²) in [4.78, 5) is 27.5. The molecule has 0 N–H and O–H groups in total. The largest absolute Gasteiger partial charge is 0.338 e. The van der Waals surface area contributed by atoms with Gasteiger partial charge in [0.25, 0.3) is 5.91 Å². The molecule has 0 aliphatic carbocycles. The zero-order valence-electron chi connectivity index (χ0n) is 16.2. The van der Waals surface area contributed by atoms with Crippen LogP contribution in [0, 0.1) is 11.7 Å². The number of halogens is 1. The SMILES string of the molecule is O=C(c1cnc(-c2ccncc2)nc1)N1CCC[C@H](CCc2ccc(F)cc2)C1. The van der Waals surface area contributed by atoms with E-state index >= 15 is 0 Å². The zero-order valence-corrected chi connectivity index (χ0v) is 16.2. The number of piperidine rings is 1. The van der Waals surface area contributed by atoms with Crippen LogP contribution in [0.3, 0.4) is 0 Å². The van der Waals surface area contributed by atoms with Gasteiger partial charge in [0.05, 0.1) is 5.56 Å². The highest BCUT2D eigenvalue weighted by Gasteiger charge is 2.24. The van der Waals surface area contributed by atoms with E-state index in [-0.39, 0.29) is 11.7 Å². The van der Waals surface area contributed by atoms with Gasteiger partial charge in [-0.3, -0.25) is 9.78 Å². The highest BCUT2D eigenvalue weighted by molar-refractivity contribution is 5.93. The minimum absolute atomic E-state index is 0.0160. The number of nitrogens with zero attached hydrogens (tertiary/aromatic N) is 4. The first-order valence-electron chi connectivity index (χ1n) is 9.95. The predicted molar refractivity (Wildman–Crippen MR) is 109 cm³/mol. The van der Waals surface area contributed by atoms with Crippen molar-refractivity contribution in [2.75, 3.05) is 13.1 Å². The fourth-order valence-electron chi connectivity index (χ4n) is 3.78. The van der Waals surface area contributed by atoms with Gasteiger partial charge in [-0.05, 0) is 61.4 Å². The lowest BCUT2D eigenvalue weighted by Crippen LogP contribution is -2.40. The highest BCUT2D eigenvalue weighted by atomic mass is 19.1. The number of hydrogen-bond donors (Lipinski definition) is 0. The first kappa shape index (κ1) is 19.2. The Hall–Kier alpha value is -3.15. The fraction of sp³-hybridized carbons (Fsp3) is 0.304. The van der Waals surface area contributed by atoms with Crippen LogP contribution in [-0.2, 0) is 6.42 Å². The molecule has 1 aromatic carbocycles. The Labute approximate surface area is 169 Å². The highest BCUT2D eigenvalue weighted by Crippen LogP contribution is 2.23. The van der Waals surface area contributed by atoms with Crippen molar-refractivity contribution in [1.82, 2.24) is 19.9 Å². The van der Waals surface area contributed by atoms with Crippen molar-refractivity contribution in [3.8, 4) is 11.4 Å². The first-order chi connectivity index (χ1) is 14.2. The summed E-state index contributed by atoms with van der Waals surface area (Å²) >= 11 is 0. The first-order valence-corrected chi connectivity index (χ1v) is 9.95. The molecule has 5 nitrogen and oxygen atoms in total. The Kier molecular flexibility index (Phi) is 5.89. The molecule has 0 bridgehead atoms. The minimum Gasteiger partial charge on any atom is -0.338 e. The normalized spacial score (nSPS) is 16.6. The molecule has 29 heavy (non-hydrogen) atoms. The molecule has 0 saturated carbocycles. The lowest BCUT2D eigenvalue weighted by molar-refractivity contribution is 0.0667. The second-order valence-corrected chi connectivity index (χ2v) is 7.46. The molecule has 0 unspecified atom stereocenters. The number of benzene rings is 1. The summed E-state index contributed by atoms with van der Waals surface area (Å²) in [5.74, 6) is 0.813. The van der Waals surface area contributed by atoms with Gasteiger partial charge in [-0.2, -0.15) is 0 Å². The lowest BCUT2D eigenvalue weighted by atomic mass is 9.91. The summed E-state index contributed by atoms with van der Waals surface area (Å²) < 4.78 is 13.0. The molecule has 3 aromatic rings. The number of carbonyl (C=O) groups excluding carboxylic acids is 1. The average Bonchev–Trinajstić information content (AvgIpc) is 2.79. The van der Waals surface area contributed by atoms with Crippen molar-refractivity contribution in [3.05, 3.63) is 78.1 Å². The molecule has 0 radical (unpaired) electrons. The quantitative estimate of drug-likeness (QED) is 0.656. The third-order valence-corrected chi connectivity index (χ3v) is 5.40.